The van der Waals surface area contributed by atoms with E-state index in [1.165, 1.54) is 11.1 Å². The molecule has 2 aromatic rings. The molecule has 0 aliphatic rings. The number of hydrogen-bond donors (Lipinski definition) is 2. The second-order valence-electron chi connectivity index (χ2n) is 5.22. The van der Waals surface area contributed by atoms with Crippen molar-refractivity contribution in [2.45, 2.75) is 13.3 Å². The van der Waals surface area contributed by atoms with Gasteiger partial charge in [-0.3, -0.25) is 0 Å². The molecule has 2 amide bonds. The number of amides is 2. The van der Waals surface area contributed by atoms with Crippen molar-refractivity contribution in [1.82, 2.24) is 10.6 Å². The number of nitrogens with one attached hydrogen (secondary N) is 2. The fourth-order valence-corrected chi connectivity index (χ4v) is 2.24. The molecule has 0 bridgehead atoms. The highest BCUT2D eigenvalue weighted by molar-refractivity contribution is 6.30. The first-order valence-corrected chi connectivity index (χ1v) is 7.97. The minimum Gasteiger partial charge on any atom is -0.492 e. The lowest BCUT2D eigenvalue weighted by molar-refractivity contribution is 0.236. The number of carbonyl (C=O) groups excluding carboxylic acids is 1. The smallest absolute Gasteiger partial charge is 0.314 e. The predicted molar refractivity (Wildman–Crippen MR) is 93.2 cm³/mol. The zero-order chi connectivity index (χ0) is 16.5. The number of halogens is 1. The van der Waals surface area contributed by atoms with E-state index in [0.29, 0.717) is 24.7 Å². The van der Waals surface area contributed by atoms with Crippen LogP contribution in [0.3, 0.4) is 0 Å². The first-order valence-electron chi connectivity index (χ1n) is 7.59. The molecule has 0 aromatic heterocycles. The number of urea groups is 1. The highest BCUT2D eigenvalue weighted by Gasteiger charge is 2.00. The summed E-state index contributed by atoms with van der Waals surface area (Å²) in [4.78, 5) is 11.7. The molecule has 4 nitrogen and oxygen atoms in total. The Morgan fingerprint density at radius 2 is 1.83 bits per heavy atom. The predicted octanol–water partition coefficient (Wildman–Crippen LogP) is 3.57. The molecule has 0 spiro atoms. The summed E-state index contributed by atoms with van der Waals surface area (Å²) in [6.07, 6.45) is 0.816. The van der Waals surface area contributed by atoms with Gasteiger partial charge in [-0.25, -0.2) is 4.79 Å². The molecule has 0 saturated carbocycles. The minimum absolute atomic E-state index is 0.183. The van der Waals surface area contributed by atoms with Crippen LogP contribution in [0.15, 0.2) is 48.5 Å². The van der Waals surface area contributed by atoms with Crippen molar-refractivity contribution in [1.29, 1.82) is 0 Å². The van der Waals surface area contributed by atoms with Crippen molar-refractivity contribution in [3.8, 4) is 5.75 Å². The monoisotopic (exact) mass is 332 g/mol. The van der Waals surface area contributed by atoms with Crippen LogP contribution in [0.4, 0.5) is 4.79 Å². The topological polar surface area (TPSA) is 50.4 Å². The molecular weight excluding hydrogens is 312 g/mol. The van der Waals surface area contributed by atoms with Crippen molar-refractivity contribution < 1.29 is 9.53 Å². The molecule has 2 aromatic carbocycles. The largest absolute Gasteiger partial charge is 0.492 e. The van der Waals surface area contributed by atoms with Gasteiger partial charge in [0.05, 0.1) is 6.54 Å². The van der Waals surface area contributed by atoms with Crippen LogP contribution in [0.5, 0.6) is 5.75 Å². The van der Waals surface area contributed by atoms with Crippen molar-refractivity contribution >= 4 is 17.6 Å². The number of hydrogen-bond acceptors (Lipinski definition) is 2. The summed E-state index contributed by atoms with van der Waals surface area (Å²) in [7, 11) is 0. The molecule has 5 heteroatoms. The normalized spacial score (nSPS) is 10.2. The van der Waals surface area contributed by atoms with Crippen LogP contribution in [0.2, 0.25) is 5.02 Å². The van der Waals surface area contributed by atoms with Gasteiger partial charge in [0.1, 0.15) is 12.4 Å². The third-order valence-corrected chi connectivity index (χ3v) is 3.50. The Morgan fingerprint density at radius 1 is 1.09 bits per heavy atom. The fraction of sp³-hybridized carbons (Fsp3) is 0.278. The van der Waals surface area contributed by atoms with E-state index < -0.39 is 0 Å². The Bertz CT molecular complexity index is 629. The Hall–Kier alpha value is -2.20. The van der Waals surface area contributed by atoms with E-state index in [1.54, 1.807) is 24.3 Å². The van der Waals surface area contributed by atoms with E-state index in [1.807, 2.05) is 6.07 Å². The minimum atomic E-state index is -0.183. The van der Waals surface area contributed by atoms with E-state index in [2.05, 4.69) is 35.8 Å². The van der Waals surface area contributed by atoms with Crippen LogP contribution in [-0.4, -0.2) is 25.7 Å². The third-order valence-electron chi connectivity index (χ3n) is 3.25. The maximum absolute atomic E-state index is 11.7. The summed E-state index contributed by atoms with van der Waals surface area (Å²) in [5.41, 5.74) is 2.45. The lowest BCUT2D eigenvalue weighted by Gasteiger charge is -2.09. The Morgan fingerprint density at radius 3 is 2.57 bits per heavy atom. The van der Waals surface area contributed by atoms with Gasteiger partial charge in [0.15, 0.2) is 0 Å². The molecule has 0 radical (unpaired) electrons. The van der Waals surface area contributed by atoms with E-state index in [-0.39, 0.29) is 6.03 Å². The molecule has 0 aliphatic carbocycles. The first-order chi connectivity index (χ1) is 11.1. The molecule has 0 fully saturated rings. The second kappa shape index (κ2) is 9.06. The molecule has 2 rings (SSSR count). The molecule has 0 unspecified atom stereocenters. The fourth-order valence-electron chi connectivity index (χ4n) is 2.11. The quantitative estimate of drug-likeness (QED) is 0.761. The van der Waals surface area contributed by atoms with Crippen molar-refractivity contribution in [2.75, 3.05) is 19.7 Å². The van der Waals surface area contributed by atoms with Crippen LogP contribution in [0, 0.1) is 6.92 Å². The van der Waals surface area contributed by atoms with E-state index in [9.17, 15) is 4.79 Å². The number of carbonyl (C=O) groups is 1. The zero-order valence-electron chi connectivity index (χ0n) is 13.1. The summed E-state index contributed by atoms with van der Waals surface area (Å²) < 4.78 is 5.50. The van der Waals surface area contributed by atoms with Gasteiger partial charge >= 0.3 is 6.03 Å². The average Bonchev–Trinajstić information content (AvgIpc) is 2.53. The van der Waals surface area contributed by atoms with Gasteiger partial charge in [0, 0.05) is 11.6 Å². The second-order valence-corrected chi connectivity index (χ2v) is 5.66. The van der Waals surface area contributed by atoms with Gasteiger partial charge in [-0.15, -0.1) is 0 Å². The molecule has 23 heavy (non-hydrogen) atoms. The van der Waals surface area contributed by atoms with E-state index in [0.717, 1.165) is 12.2 Å². The number of rotatable bonds is 7. The highest BCUT2D eigenvalue weighted by Crippen LogP contribution is 2.15. The summed E-state index contributed by atoms with van der Waals surface area (Å²) >= 11 is 5.80. The molecule has 0 aliphatic heterocycles. The Balaban J connectivity index is 1.57. The Labute approximate surface area is 141 Å². The van der Waals surface area contributed by atoms with Gasteiger partial charge in [-0.05, 0) is 43.2 Å². The zero-order valence-corrected chi connectivity index (χ0v) is 13.9. The van der Waals surface area contributed by atoms with Crippen LogP contribution in [0.1, 0.15) is 11.1 Å². The van der Waals surface area contributed by atoms with Crippen molar-refractivity contribution in [3.05, 3.63) is 64.7 Å². The summed E-state index contributed by atoms with van der Waals surface area (Å²) in [5, 5.41) is 6.26. The lowest BCUT2D eigenvalue weighted by Crippen LogP contribution is -2.38. The molecular formula is C18H21ClN2O2. The van der Waals surface area contributed by atoms with Crippen LogP contribution < -0.4 is 15.4 Å². The maximum Gasteiger partial charge on any atom is 0.314 e. The van der Waals surface area contributed by atoms with Crippen molar-refractivity contribution in [2.24, 2.45) is 0 Å². The molecule has 0 saturated heterocycles. The van der Waals surface area contributed by atoms with Crippen LogP contribution >= 0.6 is 11.6 Å². The van der Waals surface area contributed by atoms with Gasteiger partial charge in [0.2, 0.25) is 0 Å². The van der Waals surface area contributed by atoms with Gasteiger partial charge in [-0.2, -0.15) is 0 Å². The first kappa shape index (κ1) is 17.2. The van der Waals surface area contributed by atoms with Gasteiger partial charge in [-0.1, -0.05) is 41.4 Å². The summed E-state index contributed by atoms with van der Waals surface area (Å²) in [6, 6.07) is 15.2. The number of aryl methyl sites for hydroxylation is 1. The SMILES string of the molecule is Cc1cccc(CCNC(=O)NCCOc2ccc(Cl)cc2)c1. The average molecular weight is 333 g/mol. The molecule has 122 valence electrons. The highest BCUT2D eigenvalue weighted by atomic mass is 35.5. The molecule has 2 N–H and O–H groups in total. The van der Waals surface area contributed by atoms with Gasteiger partial charge in [0.25, 0.3) is 0 Å². The molecule has 0 atom stereocenters. The summed E-state index contributed by atoms with van der Waals surface area (Å²) in [6.45, 7) is 3.52. The van der Waals surface area contributed by atoms with Crippen LogP contribution in [0.25, 0.3) is 0 Å². The maximum atomic E-state index is 11.7. The van der Waals surface area contributed by atoms with E-state index >= 15 is 0 Å². The standard InChI is InChI=1S/C18H21ClN2O2/c1-14-3-2-4-15(13-14)9-10-20-18(22)21-11-12-23-17-7-5-16(19)6-8-17/h2-8,13H,9-12H2,1H3,(H2,20,21,22). The number of ether oxygens (including phenoxy) is 1. The Kier molecular flexibility index (Phi) is 6.76. The molecule has 0 heterocycles. The summed E-state index contributed by atoms with van der Waals surface area (Å²) in [5.74, 6) is 0.732. The van der Waals surface area contributed by atoms with Crippen molar-refractivity contribution in [3.63, 3.8) is 0 Å². The number of benzene rings is 2. The van der Waals surface area contributed by atoms with E-state index in [4.69, 9.17) is 16.3 Å². The third kappa shape index (κ3) is 6.61. The van der Waals surface area contributed by atoms with Gasteiger partial charge < -0.3 is 15.4 Å². The lowest BCUT2D eigenvalue weighted by atomic mass is 10.1. The van der Waals surface area contributed by atoms with Crippen LogP contribution in [-0.2, 0) is 6.42 Å².